The molecule has 32 heavy (non-hydrogen) atoms. The Kier molecular flexibility index (Phi) is 5.72. The van der Waals surface area contributed by atoms with Crippen molar-refractivity contribution >= 4 is 28.4 Å². The Labute approximate surface area is 184 Å². The Bertz CT molecular complexity index is 1080. The number of rotatable bonds is 6. The first-order valence-corrected chi connectivity index (χ1v) is 10.2. The highest BCUT2D eigenvalue weighted by Crippen LogP contribution is 2.48. The van der Waals surface area contributed by atoms with Crippen molar-refractivity contribution < 1.29 is 31.5 Å². The van der Waals surface area contributed by atoms with Crippen molar-refractivity contribution in [2.45, 2.75) is 50.2 Å². The van der Waals surface area contributed by atoms with Crippen LogP contribution in [-0.2, 0) is 17.5 Å². The Morgan fingerprint density at radius 2 is 2.06 bits per heavy atom. The van der Waals surface area contributed by atoms with Crippen LogP contribution in [0.3, 0.4) is 0 Å². The minimum absolute atomic E-state index is 0.0493. The number of aromatic nitrogens is 3. The lowest BCUT2D eigenvalue weighted by Crippen LogP contribution is -2.41. The normalized spacial score (nSPS) is 20.7. The van der Waals surface area contributed by atoms with Gasteiger partial charge < -0.3 is 4.74 Å². The van der Waals surface area contributed by atoms with Crippen molar-refractivity contribution in [2.75, 3.05) is 7.11 Å². The zero-order chi connectivity index (χ0) is 23.3. The fourth-order valence-corrected chi connectivity index (χ4v) is 3.91. The molecule has 6 nitrogen and oxygen atoms in total. The molecule has 0 aromatic carbocycles. The van der Waals surface area contributed by atoms with Crippen molar-refractivity contribution in [3.05, 3.63) is 41.0 Å². The summed E-state index contributed by atoms with van der Waals surface area (Å²) in [4.78, 5) is 19.5. The van der Waals surface area contributed by atoms with Gasteiger partial charge in [-0.3, -0.25) is 4.68 Å². The van der Waals surface area contributed by atoms with Crippen LogP contribution in [0.15, 0.2) is 23.3 Å². The molecule has 0 N–H and O–H groups in total. The zero-order valence-electron chi connectivity index (χ0n) is 16.8. The predicted octanol–water partition coefficient (Wildman–Crippen LogP) is 5.32. The molecule has 2 fully saturated rings. The number of ether oxygens (including phenoxy) is 1. The summed E-state index contributed by atoms with van der Waals surface area (Å²) >= 11 is 6.24. The summed E-state index contributed by atoms with van der Waals surface area (Å²) in [7, 11) is 1.15. The van der Waals surface area contributed by atoms with E-state index in [-0.39, 0.29) is 29.9 Å². The van der Waals surface area contributed by atoms with E-state index in [1.165, 1.54) is 18.3 Å². The zero-order valence-corrected chi connectivity index (χ0v) is 17.6. The molecule has 2 saturated carbocycles. The van der Waals surface area contributed by atoms with Crippen LogP contribution in [0.5, 0.6) is 0 Å². The average Bonchev–Trinajstić information content (AvgIpc) is 3.50. The van der Waals surface area contributed by atoms with Gasteiger partial charge in [0.2, 0.25) is 0 Å². The molecule has 4 rings (SSSR count). The summed E-state index contributed by atoms with van der Waals surface area (Å²) in [5.74, 6) is -5.26. The molecule has 2 aromatic heterocycles. The summed E-state index contributed by atoms with van der Waals surface area (Å²) in [5.41, 5.74) is -1.88. The molecule has 0 amide bonds. The minimum atomic E-state index is -4.81. The summed E-state index contributed by atoms with van der Waals surface area (Å²) in [5, 5.41) is 3.49. The number of carbonyl (C=O) groups excluding carboxylic acids is 1. The molecular weight excluding hydrogens is 459 g/mol. The molecule has 0 radical (unpaired) electrons. The molecule has 0 bridgehead atoms. The van der Waals surface area contributed by atoms with E-state index in [1.54, 1.807) is 0 Å². The molecular formula is C20H18ClF5N4O2. The Morgan fingerprint density at radius 3 is 2.59 bits per heavy atom. The second kappa shape index (κ2) is 8.09. The summed E-state index contributed by atoms with van der Waals surface area (Å²) < 4.78 is 75.3. The number of hydrogen-bond donors (Lipinski definition) is 0. The second-order valence-electron chi connectivity index (χ2n) is 7.85. The van der Waals surface area contributed by atoms with Gasteiger partial charge in [-0.1, -0.05) is 11.6 Å². The third kappa shape index (κ3) is 4.35. The van der Waals surface area contributed by atoms with E-state index >= 15 is 0 Å². The van der Waals surface area contributed by atoms with Crippen molar-refractivity contribution in [1.82, 2.24) is 14.8 Å². The molecule has 12 heteroatoms. The van der Waals surface area contributed by atoms with Gasteiger partial charge in [0.25, 0.3) is 5.92 Å². The van der Waals surface area contributed by atoms with Gasteiger partial charge >= 0.3 is 12.1 Å². The average molecular weight is 477 g/mol. The second-order valence-corrected chi connectivity index (χ2v) is 8.21. The van der Waals surface area contributed by atoms with Gasteiger partial charge in [-0.2, -0.15) is 18.3 Å². The van der Waals surface area contributed by atoms with Gasteiger partial charge in [0.15, 0.2) is 5.17 Å². The number of aliphatic imine (C=N–C) groups is 1. The first-order chi connectivity index (χ1) is 15.0. The van der Waals surface area contributed by atoms with Crippen LogP contribution in [0, 0.1) is 5.92 Å². The maximum absolute atomic E-state index is 14.0. The molecule has 2 heterocycles. The van der Waals surface area contributed by atoms with Crippen LogP contribution in [0.25, 0.3) is 0 Å². The van der Waals surface area contributed by atoms with Gasteiger partial charge in [0, 0.05) is 24.5 Å². The standard InChI is InChI=1S/C20H18ClF5N4O2/c1-32-18(31)13-8-12(5-7-27-13)28-17(21)16-14(20(24,25)26)15(10-2-3-10)29-30(16)9-11-4-6-19(11,22)23/h5,7-8,10-11H,2-4,6,9H2,1H3. The Morgan fingerprint density at radius 1 is 1.34 bits per heavy atom. The predicted molar refractivity (Wildman–Crippen MR) is 105 cm³/mol. The maximum atomic E-state index is 14.0. The topological polar surface area (TPSA) is 69.4 Å². The molecule has 2 aliphatic carbocycles. The van der Waals surface area contributed by atoms with Crippen LogP contribution in [-0.4, -0.2) is 38.9 Å². The van der Waals surface area contributed by atoms with E-state index in [0.29, 0.717) is 12.8 Å². The Balaban J connectivity index is 1.80. The highest BCUT2D eigenvalue weighted by Gasteiger charge is 2.50. The van der Waals surface area contributed by atoms with Crippen LogP contribution in [0.2, 0.25) is 0 Å². The van der Waals surface area contributed by atoms with Crippen molar-refractivity contribution in [2.24, 2.45) is 10.9 Å². The van der Waals surface area contributed by atoms with E-state index in [2.05, 4.69) is 19.8 Å². The number of alkyl halides is 5. The van der Waals surface area contributed by atoms with Gasteiger partial charge in [0.05, 0.1) is 25.0 Å². The van der Waals surface area contributed by atoms with Gasteiger partial charge in [-0.05, 0) is 31.4 Å². The van der Waals surface area contributed by atoms with Crippen LogP contribution in [0.1, 0.15) is 59.0 Å². The molecule has 2 aromatic rings. The van der Waals surface area contributed by atoms with Gasteiger partial charge in [-0.15, -0.1) is 0 Å². The lowest BCUT2D eigenvalue weighted by Gasteiger charge is -2.36. The highest BCUT2D eigenvalue weighted by atomic mass is 35.5. The van der Waals surface area contributed by atoms with Crippen molar-refractivity contribution in [1.29, 1.82) is 0 Å². The SMILES string of the molecule is COC(=O)c1cc(N=C(Cl)c2c(C(F)(F)F)c(C3CC3)nn2CC2CCC2(F)F)ccn1. The van der Waals surface area contributed by atoms with E-state index in [4.69, 9.17) is 11.6 Å². The molecule has 1 atom stereocenters. The number of halogens is 6. The highest BCUT2D eigenvalue weighted by molar-refractivity contribution is 6.69. The number of nitrogens with zero attached hydrogens (tertiary/aromatic N) is 4. The lowest BCUT2D eigenvalue weighted by molar-refractivity contribution is -0.139. The lowest BCUT2D eigenvalue weighted by atomic mass is 9.81. The number of hydrogen-bond acceptors (Lipinski definition) is 5. The molecule has 0 aliphatic heterocycles. The molecule has 172 valence electrons. The van der Waals surface area contributed by atoms with Crippen molar-refractivity contribution in [3.8, 4) is 0 Å². The van der Waals surface area contributed by atoms with E-state index in [9.17, 15) is 26.7 Å². The van der Waals surface area contributed by atoms with Crippen LogP contribution < -0.4 is 0 Å². The quantitative estimate of drug-likeness (QED) is 0.321. The van der Waals surface area contributed by atoms with Gasteiger partial charge in [-0.25, -0.2) is 23.6 Å². The smallest absolute Gasteiger partial charge is 0.420 e. The fourth-order valence-electron chi connectivity index (χ4n) is 3.62. The van der Waals surface area contributed by atoms with Crippen LogP contribution >= 0.6 is 11.6 Å². The number of methoxy groups -OCH3 is 1. The molecule has 1 unspecified atom stereocenters. The largest absolute Gasteiger partial charge is 0.464 e. The summed E-state index contributed by atoms with van der Waals surface area (Å²) in [6.07, 6.45) is -2.67. The molecule has 2 aliphatic rings. The first kappa shape index (κ1) is 22.6. The van der Waals surface area contributed by atoms with E-state index in [1.807, 2.05) is 0 Å². The minimum Gasteiger partial charge on any atom is -0.464 e. The van der Waals surface area contributed by atoms with Gasteiger partial charge in [0.1, 0.15) is 17.0 Å². The number of esters is 1. The van der Waals surface area contributed by atoms with E-state index in [0.717, 1.165) is 11.8 Å². The third-order valence-corrected chi connectivity index (χ3v) is 5.87. The van der Waals surface area contributed by atoms with E-state index < -0.39 is 52.9 Å². The van der Waals surface area contributed by atoms with Crippen molar-refractivity contribution in [3.63, 3.8) is 0 Å². The third-order valence-electron chi connectivity index (χ3n) is 5.60. The number of pyridine rings is 1. The maximum Gasteiger partial charge on any atom is 0.420 e. The summed E-state index contributed by atoms with van der Waals surface area (Å²) in [6, 6.07) is 2.54. The number of carbonyl (C=O) groups is 1. The first-order valence-electron chi connectivity index (χ1n) is 9.86. The fraction of sp³-hybridized carbons (Fsp3) is 0.500. The molecule has 0 saturated heterocycles. The monoisotopic (exact) mass is 476 g/mol. The Hall–Kier alpha value is -2.56. The van der Waals surface area contributed by atoms with Crippen LogP contribution in [0.4, 0.5) is 27.6 Å². The molecule has 0 spiro atoms. The summed E-state index contributed by atoms with van der Waals surface area (Å²) in [6.45, 7) is -0.409.